The van der Waals surface area contributed by atoms with Gasteiger partial charge in [-0.1, -0.05) is 12.1 Å². The molecular weight excluding hydrogens is 254 g/mol. The van der Waals surface area contributed by atoms with E-state index < -0.39 is 0 Å². The van der Waals surface area contributed by atoms with Crippen molar-refractivity contribution in [1.82, 2.24) is 14.7 Å². The lowest BCUT2D eigenvalue weighted by Gasteiger charge is -2.21. The molecule has 2 N–H and O–H groups in total. The molecule has 0 saturated heterocycles. The number of hydrogen-bond acceptors (Lipinski definition) is 4. The van der Waals surface area contributed by atoms with Crippen molar-refractivity contribution in [3.63, 3.8) is 0 Å². The van der Waals surface area contributed by atoms with Crippen molar-refractivity contribution in [2.24, 2.45) is 0 Å². The van der Waals surface area contributed by atoms with Crippen molar-refractivity contribution in [2.45, 2.75) is 13.0 Å². The molecule has 0 aliphatic rings. The van der Waals surface area contributed by atoms with E-state index in [0.29, 0.717) is 6.54 Å². The Balaban J connectivity index is 1.98. The van der Waals surface area contributed by atoms with Crippen LogP contribution in [0.4, 0.5) is 0 Å². The summed E-state index contributed by atoms with van der Waals surface area (Å²) in [5, 5.41) is 22.2. The Kier molecular flexibility index (Phi) is 5.73. The zero-order valence-electron chi connectivity index (χ0n) is 11.5. The SMILES string of the molecule is OCCCN(CCO)Cc1ccc(-n2cccn2)cc1. The van der Waals surface area contributed by atoms with Crippen molar-refractivity contribution >= 4 is 0 Å². The molecule has 108 valence electrons. The van der Waals surface area contributed by atoms with Crippen LogP contribution in [-0.2, 0) is 6.54 Å². The second-order valence-corrected chi connectivity index (χ2v) is 4.69. The smallest absolute Gasteiger partial charge is 0.0645 e. The van der Waals surface area contributed by atoms with E-state index in [1.165, 1.54) is 5.56 Å². The third kappa shape index (κ3) is 4.16. The van der Waals surface area contributed by atoms with Crippen molar-refractivity contribution < 1.29 is 10.2 Å². The molecule has 0 fully saturated rings. The minimum Gasteiger partial charge on any atom is -0.396 e. The molecule has 0 unspecified atom stereocenters. The molecule has 0 bridgehead atoms. The lowest BCUT2D eigenvalue weighted by molar-refractivity contribution is 0.174. The maximum Gasteiger partial charge on any atom is 0.0645 e. The molecule has 0 atom stereocenters. The van der Waals surface area contributed by atoms with Gasteiger partial charge in [-0.25, -0.2) is 4.68 Å². The topological polar surface area (TPSA) is 61.5 Å². The average molecular weight is 275 g/mol. The highest BCUT2D eigenvalue weighted by molar-refractivity contribution is 5.33. The lowest BCUT2D eigenvalue weighted by Crippen LogP contribution is -2.28. The van der Waals surface area contributed by atoms with Crippen LogP contribution in [0.3, 0.4) is 0 Å². The summed E-state index contributed by atoms with van der Waals surface area (Å²) in [6, 6.07) is 10.1. The van der Waals surface area contributed by atoms with E-state index in [4.69, 9.17) is 10.2 Å². The molecule has 0 aliphatic heterocycles. The predicted molar refractivity (Wildman–Crippen MR) is 77.6 cm³/mol. The van der Waals surface area contributed by atoms with Crippen molar-refractivity contribution in [3.8, 4) is 5.69 Å². The van der Waals surface area contributed by atoms with Gasteiger partial charge in [0, 0.05) is 38.6 Å². The van der Waals surface area contributed by atoms with Crippen LogP contribution in [0.2, 0.25) is 0 Å². The summed E-state index contributed by atoms with van der Waals surface area (Å²) in [5.74, 6) is 0. The van der Waals surface area contributed by atoms with Crippen LogP contribution in [0.25, 0.3) is 5.69 Å². The van der Waals surface area contributed by atoms with Gasteiger partial charge >= 0.3 is 0 Å². The Bertz CT molecular complexity index is 482. The lowest BCUT2D eigenvalue weighted by atomic mass is 10.2. The summed E-state index contributed by atoms with van der Waals surface area (Å²) in [6.45, 7) is 2.51. The fraction of sp³-hybridized carbons (Fsp3) is 0.400. The van der Waals surface area contributed by atoms with Crippen molar-refractivity contribution in [2.75, 3.05) is 26.3 Å². The van der Waals surface area contributed by atoms with Gasteiger partial charge in [0.1, 0.15) is 0 Å². The third-order valence-corrected chi connectivity index (χ3v) is 3.16. The highest BCUT2D eigenvalue weighted by Gasteiger charge is 2.05. The van der Waals surface area contributed by atoms with Crippen LogP contribution in [0.15, 0.2) is 42.7 Å². The van der Waals surface area contributed by atoms with Gasteiger partial charge in [0.2, 0.25) is 0 Å². The number of rotatable bonds is 8. The van der Waals surface area contributed by atoms with E-state index >= 15 is 0 Å². The summed E-state index contributed by atoms with van der Waals surface area (Å²) < 4.78 is 1.82. The van der Waals surface area contributed by atoms with Gasteiger partial charge in [0.15, 0.2) is 0 Å². The monoisotopic (exact) mass is 275 g/mol. The molecule has 5 heteroatoms. The van der Waals surface area contributed by atoms with E-state index in [9.17, 15) is 0 Å². The van der Waals surface area contributed by atoms with Gasteiger partial charge in [-0.15, -0.1) is 0 Å². The number of hydrogen-bond donors (Lipinski definition) is 2. The zero-order valence-corrected chi connectivity index (χ0v) is 11.5. The molecule has 2 aromatic rings. The summed E-state index contributed by atoms with van der Waals surface area (Å²) in [4.78, 5) is 2.14. The molecule has 2 rings (SSSR count). The van der Waals surface area contributed by atoms with Crippen LogP contribution in [0, 0.1) is 0 Å². The maximum atomic E-state index is 9.07. The van der Waals surface area contributed by atoms with Crippen LogP contribution >= 0.6 is 0 Å². The summed E-state index contributed by atoms with van der Waals surface area (Å²) in [5.41, 5.74) is 2.22. The van der Waals surface area contributed by atoms with E-state index in [1.54, 1.807) is 6.20 Å². The summed E-state index contributed by atoms with van der Waals surface area (Å²) >= 11 is 0. The molecule has 20 heavy (non-hydrogen) atoms. The first-order valence-corrected chi connectivity index (χ1v) is 6.86. The molecule has 0 saturated carbocycles. The highest BCUT2D eigenvalue weighted by Crippen LogP contribution is 2.11. The Morgan fingerprint density at radius 3 is 2.45 bits per heavy atom. The largest absolute Gasteiger partial charge is 0.396 e. The maximum absolute atomic E-state index is 9.07. The summed E-state index contributed by atoms with van der Waals surface area (Å²) in [7, 11) is 0. The van der Waals surface area contributed by atoms with Crippen LogP contribution in [0.5, 0.6) is 0 Å². The molecule has 5 nitrogen and oxygen atoms in total. The first kappa shape index (κ1) is 14.7. The number of nitrogens with zero attached hydrogens (tertiary/aromatic N) is 3. The molecule has 0 aliphatic carbocycles. The Morgan fingerprint density at radius 2 is 1.85 bits per heavy atom. The fourth-order valence-electron chi connectivity index (χ4n) is 2.14. The Hall–Kier alpha value is -1.69. The second kappa shape index (κ2) is 7.79. The minimum absolute atomic E-state index is 0.136. The van der Waals surface area contributed by atoms with Gasteiger partial charge in [-0.3, -0.25) is 4.90 Å². The number of benzene rings is 1. The molecule has 0 amide bonds. The van der Waals surface area contributed by atoms with Crippen molar-refractivity contribution in [1.29, 1.82) is 0 Å². The molecule has 0 spiro atoms. The first-order chi connectivity index (χ1) is 9.83. The van der Waals surface area contributed by atoms with Crippen molar-refractivity contribution in [3.05, 3.63) is 48.3 Å². The van der Waals surface area contributed by atoms with Crippen LogP contribution in [-0.4, -0.2) is 51.2 Å². The quantitative estimate of drug-likeness (QED) is 0.756. The average Bonchev–Trinajstić information content (AvgIpc) is 3.00. The van der Waals surface area contributed by atoms with Gasteiger partial charge in [0.25, 0.3) is 0 Å². The molecule has 0 radical (unpaired) electrons. The predicted octanol–water partition coefficient (Wildman–Crippen LogP) is 1.05. The molecule has 1 aromatic heterocycles. The number of aromatic nitrogens is 2. The Labute approximate surface area is 119 Å². The van der Waals surface area contributed by atoms with E-state index in [1.807, 2.05) is 29.1 Å². The molecular formula is C15H21N3O2. The Morgan fingerprint density at radius 1 is 1.05 bits per heavy atom. The van der Waals surface area contributed by atoms with Gasteiger partial charge in [-0.05, 0) is 30.2 Å². The van der Waals surface area contributed by atoms with Gasteiger partial charge in [0.05, 0.1) is 12.3 Å². The second-order valence-electron chi connectivity index (χ2n) is 4.69. The van der Waals surface area contributed by atoms with Gasteiger partial charge < -0.3 is 10.2 Å². The standard InChI is InChI=1S/C15H21N3O2/c19-11-2-8-17(10-12-20)13-14-3-5-15(6-4-14)18-9-1-7-16-18/h1,3-7,9,19-20H,2,8,10-13H2. The summed E-state index contributed by atoms with van der Waals surface area (Å²) in [6.07, 6.45) is 4.39. The van der Waals surface area contributed by atoms with E-state index in [-0.39, 0.29) is 13.2 Å². The molecule has 1 heterocycles. The zero-order chi connectivity index (χ0) is 14.2. The molecule has 1 aromatic carbocycles. The highest BCUT2D eigenvalue weighted by atomic mass is 16.3. The van der Waals surface area contributed by atoms with Crippen LogP contribution in [0.1, 0.15) is 12.0 Å². The van der Waals surface area contributed by atoms with E-state index in [0.717, 1.165) is 25.2 Å². The number of aliphatic hydroxyl groups is 2. The van der Waals surface area contributed by atoms with E-state index in [2.05, 4.69) is 22.1 Å². The first-order valence-electron chi connectivity index (χ1n) is 6.86. The van der Waals surface area contributed by atoms with Crippen LogP contribution < -0.4 is 0 Å². The number of aliphatic hydroxyl groups excluding tert-OH is 2. The normalized spacial score (nSPS) is 11.2. The minimum atomic E-state index is 0.136. The van der Waals surface area contributed by atoms with Gasteiger partial charge in [-0.2, -0.15) is 5.10 Å². The third-order valence-electron chi connectivity index (χ3n) is 3.16. The fourth-order valence-corrected chi connectivity index (χ4v) is 2.14.